The molecule has 4 heterocycles. The molecule has 5 rings (SSSR count). The van der Waals surface area contributed by atoms with Crippen LogP contribution in [0.4, 0.5) is 10.2 Å². The van der Waals surface area contributed by atoms with E-state index < -0.39 is 0 Å². The number of benzene rings is 1. The number of nitrogens with zero attached hydrogens (tertiary/aromatic N) is 5. The van der Waals surface area contributed by atoms with Gasteiger partial charge < -0.3 is 5.32 Å². The van der Waals surface area contributed by atoms with E-state index in [1.807, 2.05) is 24.4 Å². The largest absolute Gasteiger partial charge is 0.310 e. The van der Waals surface area contributed by atoms with E-state index >= 15 is 0 Å². The number of fused-ring (bicyclic) bond motifs is 1. The lowest BCUT2D eigenvalue weighted by atomic mass is 9.91. The third-order valence-corrected chi connectivity index (χ3v) is 5.85. The lowest BCUT2D eigenvalue weighted by Crippen LogP contribution is -2.25. The lowest BCUT2D eigenvalue weighted by molar-refractivity contribution is -0.116. The predicted octanol–water partition coefficient (Wildman–Crippen LogP) is 3.71. The van der Waals surface area contributed by atoms with Crippen molar-refractivity contribution in [2.24, 2.45) is 0 Å². The van der Waals surface area contributed by atoms with Gasteiger partial charge in [0.2, 0.25) is 5.91 Å². The number of anilines is 1. The van der Waals surface area contributed by atoms with Crippen molar-refractivity contribution in [3.05, 3.63) is 69.9 Å². The topological polar surface area (TPSA) is 85.6 Å². The summed E-state index contributed by atoms with van der Waals surface area (Å²) in [4.78, 5) is 18.1. The Bertz CT molecular complexity index is 1200. The van der Waals surface area contributed by atoms with Gasteiger partial charge in [0.25, 0.3) is 5.95 Å². The molecule has 144 valence electrons. The Balaban J connectivity index is 1.62. The van der Waals surface area contributed by atoms with Crippen LogP contribution in [0.15, 0.2) is 48.0 Å². The second-order valence-electron chi connectivity index (χ2n) is 6.73. The van der Waals surface area contributed by atoms with Crippen LogP contribution in [0.5, 0.6) is 0 Å². The Morgan fingerprint density at radius 2 is 2.07 bits per heavy atom. The third kappa shape index (κ3) is 3.09. The molecule has 0 saturated heterocycles. The molecule has 3 aromatic heterocycles. The fourth-order valence-corrected chi connectivity index (χ4v) is 4.40. The van der Waals surface area contributed by atoms with E-state index in [1.165, 1.54) is 23.0 Å². The van der Waals surface area contributed by atoms with Crippen molar-refractivity contribution in [3.63, 3.8) is 0 Å². The average Bonchev–Trinajstić information content (AvgIpc) is 3.37. The van der Waals surface area contributed by atoms with Crippen LogP contribution in [0.1, 0.15) is 28.5 Å². The molecule has 1 aliphatic heterocycles. The lowest BCUT2D eigenvalue weighted by Gasteiger charge is -2.22. The molecule has 4 aromatic rings. The van der Waals surface area contributed by atoms with Crippen molar-refractivity contribution in [1.82, 2.24) is 25.0 Å². The highest BCUT2D eigenvalue weighted by Crippen LogP contribution is 2.41. The van der Waals surface area contributed by atoms with Crippen LogP contribution in [0, 0.1) is 12.7 Å². The number of rotatable bonds is 3. The maximum Gasteiger partial charge on any atom is 0.272 e. The second kappa shape index (κ2) is 6.85. The van der Waals surface area contributed by atoms with Gasteiger partial charge in [-0.3, -0.25) is 4.79 Å². The molecule has 1 unspecified atom stereocenters. The molecule has 0 spiro atoms. The third-order valence-electron chi connectivity index (χ3n) is 4.87. The van der Waals surface area contributed by atoms with Gasteiger partial charge in [-0.2, -0.15) is 14.9 Å². The number of amides is 1. The SMILES string of the molecule is Cc1nn(-c2nncc(-c3ccc(F)cc3)n2)c2c1C(c1cccs1)CC(=O)N2. The van der Waals surface area contributed by atoms with Crippen molar-refractivity contribution in [1.29, 1.82) is 0 Å². The normalized spacial score (nSPS) is 15.8. The number of aromatic nitrogens is 5. The zero-order valence-corrected chi connectivity index (χ0v) is 16.2. The zero-order chi connectivity index (χ0) is 20.0. The first-order chi connectivity index (χ1) is 14.1. The first kappa shape index (κ1) is 17.6. The summed E-state index contributed by atoms with van der Waals surface area (Å²) in [6, 6.07) is 9.99. The highest BCUT2D eigenvalue weighted by molar-refractivity contribution is 7.10. The number of hydrogen-bond donors (Lipinski definition) is 1. The molecule has 0 fully saturated rings. The number of carbonyl (C=O) groups is 1. The minimum Gasteiger partial charge on any atom is -0.310 e. The van der Waals surface area contributed by atoms with Gasteiger partial charge in [-0.05, 0) is 42.6 Å². The van der Waals surface area contributed by atoms with E-state index in [4.69, 9.17) is 0 Å². The van der Waals surface area contributed by atoms with Gasteiger partial charge in [0.1, 0.15) is 11.6 Å². The summed E-state index contributed by atoms with van der Waals surface area (Å²) in [6.07, 6.45) is 1.88. The van der Waals surface area contributed by atoms with Crippen molar-refractivity contribution in [2.45, 2.75) is 19.3 Å². The molecule has 1 atom stereocenters. The van der Waals surface area contributed by atoms with Gasteiger partial charge in [0.05, 0.1) is 17.6 Å². The molecule has 1 aromatic carbocycles. The molecular weight excluding hydrogens is 391 g/mol. The molecule has 9 heteroatoms. The highest BCUT2D eigenvalue weighted by atomic mass is 32.1. The summed E-state index contributed by atoms with van der Waals surface area (Å²) >= 11 is 1.62. The quantitative estimate of drug-likeness (QED) is 0.561. The minimum atomic E-state index is -0.324. The first-order valence-corrected chi connectivity index (χ1v) is 9.87. The molecule has 0 aliphatic carbocycles. The molecule has 1 N–H and O–H groups in total. The Hall–Kier alpha value is -3.46. The smallest absolute Gasteiger partial charge is 0.272 e. The van der Waals surface area contributed by atoms with Crippen molar-refractivity contribution in [3.8, 4) is 17.2 Å². The van der Waals surface area contributed by atoms with Crippen molar-refractivity contribution >= 4 is 23.1 Å². The molecule has 29 heavy (non-hydrogen) atoms. The van der Waals surface area contributed by atoms with Crippen molar-refractivity contribution in [2.75, 3.05) is 5.32 Å². The Morgan fingerprint density at radius 1 is 1.24 bits per heavy atom. The molecule has 1 amide bonds. The van der Waals surface area contributed by atoms with Gasteiger partial charge in [-0.1, -0.05) is 6.07 Å². The monoisotopic (exact) mass is 406 g/mol. The number of halogens is 1. The van der Waals surface area contributed by atoms with E-state index in [-0.39, 0.29) is 23.6 Å². The van der Waals surface area contributed by atoms with Crippen molar-refractivity contribution < 1.29 is 9.18 Å². The summed E-state index contributed by atoms with van der Waals surface area (Å²) in [5, 5.41) is 17.6. The standard InChI is InChI=1S/C20H15FN6OS/c1-11-18-14(16-3-2-8-29-16)9-17(28)24-19(18)27(26-11)20-23-15(10-22-25-20)12-4-6-13(21)7-5-12/h2-8,10,14H,9H2,1H3,(H,24,28). The first-order valence-electron chi connectivity index (χ1n) is 8.99. The molecule has 0 radical (unpaired) electrons. The van der Waals surface area contributed by atoms with Crippen LogP contribution in [0.2, 0.25) is 0 Å². The molecule has 0 saturated carbocycles. The fourth-order valence-electron chi connectivity index (χ4n) is 3.57. The Kier molecular flexibility index (Phi) is 4.17. The van der Waals surface area contributed by atoms with Gasteiger partial charge in [0.15, 0.2) is 0 Å². The second-order valence-corrected chi connectivity index (χ2v) is 7.71. The maximum atomic E-state index is 13.2. The fraction of sp³-hybridized carbons (Fsp3) is 0.150. The maximum absolute atomic E-state index is 13.2. The van der Waals surface area contributed by atoms with Crippen LogP contribution < -0.4 is 5.32 Å². The van der Waals surface area contributed by atoms with Gasteiger partial charge in [0, 0.05) is 28.3 Å². The number of nitrogens with one attached hydrogen (secondary N) is 1. The number of hydrogen-bond acceptors (Lipinski definition) is 6. The average molecular weight is 406 g/mol. The van der Waals surface area contributed by atoms with Crippen LogP contribution in [0.25, 0.3) is 17.2 Å². The Labute approximate surface area is 169 Å². The van der Waals surface area contributed by atoms with E-state index in [0.717, 1.165) is 16.1 Å². The summed E-state index contributed by atoms with van der Waals surface area (Å²) < 4.78 is 14.7. The molecule has 7 nitrogen and oxygen atoms in total. The van der Waals surface area contributed by atoms with Gasteiger partial charge in [-0.15, -0.1) is 16.4 Å². The number of carbonyl (C=O) groups excluding carboxylic acids is 1. The van der Waals surface area contributed by atoms with Crippen LogP contribution in [-0.4, -0.2) is 30.9 Å². The van der Waals surface area contributed by atoms with Crippen LogP contribution >= 0.6 is 11.3 Å². The van der Waals surface area contributed by atoms with Crippen LogP contribution in [0.3, 0.4) is 0 Å². The van der Waals surface area contributed by atoms with Crippen LogP contribution in [-0.2, 0) is 4.79 Å². The summed E-state index contributed by atoms with van der Waals surface area (Å²) in [5.74, 6) is 0.342. The molecule has 1 aliphatic rings. The van der Waals surface area contributed by atoms with Gasteiger partial charge in [-0.25, -0.2) is 9.37 Å². The predicted molar refractivity (Wildman–Crippen MR) is 106 cm³/mol. The number of aryl methyl sites for hydroxylation is 1. The highest BCUT2D eigenvalue weighted by Gasteiger charge is 2.33. The van der Waals surface area contributed by atoms with E-state index in [0.29, 0.717) is 23.5 Å². The summed E-state index contributed by atoms with van der Waals surface area (Å²) in [7, 11) is 0. The summed E-state index contributed by atoms with van der Waals surface area (Å²) in [6.45, 7) is 1.91. The van der Waals surface area contributed by atoms with Gasteiger partial charge >= 0.3 is 0 Å². The van der Waals surface area contributed by atoms with E-state index in [1.54, 1.807) is 23.5 Å². The number of thiophene rings is 1. The zero-order valence-electron chi connectivity index (χ0n) is 15.3. The van der Waals surface area contributed by atoms with E-state index in [9.17, 15) is 9.18 Å². The Morgan fingerprint density at radius 3 is 2.83 bits per heavy atom. The summed E-state index contributed by atoms with van der Waals surface area (Å²) in [5.41, 5.74) is 3.01. The minimum absolute atomic E-state index is 0.0549. The van der Waals surface area contributed by atoms with E-state index in [2.05, 4.69) is 25.6 Å². The molecular formula is C20H15FN6OS. The molecule has 0 bridgehead atoms.